The first-order valence-electron chi connectivity index (χ1n) is 16.4. The van der Waals surface area contributed by atoms with Gasteiger partial charge >= 0.3 is 0 Å². The van der Waals surface area contributed by atoms with Crippen LogP contribution in [0.1, 0.15) is 94.5 Å². The highest BCUT2D eigenvalue weighted by atomic mass is 16.1. The number of nitrogens with one attached hydrogen (secondary N) is 1. The quantitative estimate of drug-likeness (QED) is 0.234. The summed E-state index contributed by atoms with van der Waals surface area (Å²) >= 11 is 0. The molecule has 1 aliphatic carbocycles. The molecule has 248 valence electrons. The minimum absolute atomic E-state index is 0.190. The van der Waals surface area contributed by atoms with E-state index in [-0.39, 0.29) is 11.6 Å². The topological polar surface area (TPSA) is 151 Å². The van der Waals surface area contributed by atoms with Crippen molar-refractivity contribution in [2.75, 3.05) is 0 Å². The molecule has 0 unspecified atom stereocenters. The van der Waals surface area contributed by atoms with E-state index in [4.69, 9.17) is 0 Å². The van der Waals surface area contributed by atoms with Crippen LogP contribution in [0.2, 0.25) is 0 Å². The van der Waals surface area contributed by atoms with Crippen molar-refractivity contribution in [3.8, 4) is 0 Å². The van der Waals surface area contributed by atoms with Crippen molar-refractivity contribution in [3.05, 3.63) is 95.1 Å². The number of imidazole rings is 3. The van der Waals surface area contributed by atoms with Crippen molar-refractivity contribution in [1.82, 2.24) is 58.6 Å². The van der Waals surface area contributed by atoms with Crippen LogP contribution < -0.4 is 5.56 Å². The Morgan fingerprint density at radius 2 is 1.27 bits per heavy atom. The molecule has 1 N–H and O–H groups in total. The molecule has 8 rings (SSSR count). The maximum absolute atomic E-state index is 11.2. The van der Waals surface area contributed by atoms with Crippen LogP contribution >= 0.6 is 0 Å². The number of hydrogen-bond donors (Lipinski definition) is 1. The summed E-state index contributed by atoms with van der Waals surface area (Å²) in [7, 11) is 0. The first-order chi connectivity index (χ1) is 23.1. The third-order valence-corrected chi connectivity index (χ3v) is 8.71. The second-order valence-electron chi connectivity index (χ2n) is 12.9. The number of benzene rings is 1. The molecule has 0 saturated heterocycles. The smallest absolute Gasteiger partial charge is 0.278 e. The number of rotatable bonds is 5. The van der Waals surface area contributed by atoms with E-state index in [9.17, 15) is 4.79 Å². The van der Waals surface area contributed by atoms with Crippen LogP contribution in [-0.2, 0) is 12.8 Å². The third kappa shape index (κ3) is 6.44. The lowest BCUT2D eigenvalue weighted by Crippen LogP contribution is -2.08. The van der Waals surface area contributed by atoms with Gasteiger partial charge in [0.1, 0.15) is 23.7 Å². The van der Waals surface area contributed by atoms with Gasteiger partial charge in [0.25, 0.3) is 5.56 Å². The van der Waals surface area contributed by atoms with E-state index < -0.39 is 0 Å². The highest BCUT2D eigenvalue weighted by Gasteiger charge is 2.24. The summed E-state index contributed by atoms with van der Waals surface area (Å²) in [5.41, 5.74) is 9.56. The summed E-state index contributed by atoms with van der Waals surface area (Å²) in [6.45, 7) is 14.5. The fraction of sp³-hybridized carbons (Fsp3) is 0.400. The van der Waals surface area contributed by atoms with Gasteiger partial charge in [0, 0.05) is 18.1 Å². The molecule has 0 radical (unpaired) electrons. The van der Waals surface area contributed by atoms with Gasteiger partial charge in [0.2, 0.25) is 0 Å². The number of aryl methyl sites for hydroxylation is 2. The Labute approximate surface area is 278 Å². The van der Waals surface area contributed by atoms with E-state index in [1.807, 2.05) is 42.6 Å². The van der Waals surface area contributed by atoms with Gasteiger partial charge < -0.3 is 18.7 Å². The van der Waals surface area contributed by atoms with Crippen LogP contribution in [-0.4, -0.2) is 58.6 Å². The Morgan fingerprint density at radius 1 is 0.708 bits per heavy atom. The molecule has 0 fully saturated rings. The molecular weight excluding hydrogens is 604 g/mol. The Kier molecular flexibility index (Phi) is 9.37. The molecule has 6 heterocycles. The zero-order valence-corrected chi connectivity index (χ0v) is 28.5. The van der Waals surface area contributed by atoms with Crippen LogP contribution in [0.5, 0.6) is 0 Å². The van der Waals surface area contributed by atoms with E-state index >= 15 is 0 Å². The fourth-order valence-corrected chi connectivity index (χ4v) is 6.11. The summed E-state index contributed by atoms with van der Waals surface area (Å²) in [6.07, 6.45) is 13.3. The van der Waals surface area contributed by atoms with Gasteiger partial charge in [0.15, 0.2) is 22.5 Å². The summed E-state index contributed by atoms with van der Waals surface area (Å²) in [6, 6.07) is 9.80. The van der Waals surface area contributed by atoms with E-state index in [0.29, 0.717) is 29.2 Å². The molecule has 0 aliphatic heterocycles. The van der Waals surface area contributed by atoms with Crippen LogP contribution in [0.3, 0.4) is 0 Å². The van der Waals surface area contributed by atoms with Crippen LogP contribution in [0.25, 0.3) is 33.5 Å². The van der Waals surface area contributed by atoms with Crippen molar-refractivity contribution in [3.63, 3.8) is 0 Å². The highest BCUT2D eigenvalue weighted by Crippen LogP contribution is 2.36. The lowest BCUT2D eigenvalue weighted by molar-refractivity contribution is 0.612. The number of fused-ring (bicyclic) bond motifs is 4. The van der Waals surface area contributed by atoms with Crippen molar-refractivity contribution >= 4 is 33.5 Å². The molecule has 0 bridgehead atoms. The predicted octanol–water partition coefficient (Wildman–Crippen LogP) is 6.10. The second kappa shape index (κ2) is 13.8. The van der Waals surface area contributed by atoms with Crippen LogP contribution in [0.15, 0.2) is 67.0 Å². The molecule has 0 saturated carbocycles. The van der Waals surface area contributed by atoms with E-state index in [2.05, 4.69) is 101 Å². The van der Waals surface area contributed by atoms with Gasteiger partial charge in [0.05, 0.1) is 36.7 Å². The molecule has 48 heavy (non-hydrogen) atoms. The minimum Gasteiger partial charge on any atom is -0.313 e. The second-order valence-corrected chi connectivity index (χ2v) is 12.9. The van der Waals surface area contributed by atoms with Crippen LogP contribution in [0, 0.1) is 6.92 Å². The highest BCUT2D eigenvalue weighted by molar-refractivity contribution is 5.74. The summed E-state index contributed by atoms with van der Waals surface area (Å²) in [5, 5.41) is 0. The summed E-state index contributed by atoms with van der Waals surface area (Å²) in [5.74, 6) is 0.554. The van der Waals surface area contributed by atoms with Crippen molar-refractivity contribution in [1.29, 1.82) is 0 Å². The fourth-order valence-electron chi connectivity index (χ4n) is 6.11. The Balaban J connectivity index is 0.000000133. The van der Waals surface area contributed by atoms with Crippen molar-refractivity contribution < 1.29 is 0 Å². The third-order valence-electron chi connectivity index (χ3n) is 8.71. The monoisotopic (exact) mass is 646 g/mol. The average molecular weight is 647 g/mol. The first kappa shape index (κ1) is 32.6. The predicted molar refractivity (Wildman–Crippen MR) is 186 cm³/mol. The number of aromatic amines is 1. The molecule has 1 aliphatic rings. The van der Waals surface area contributed by atoms with Crippen LogP contribution in [0.4, 0.5) is 0 Å². The molecule has 0 spiro atoms. The van der Waals surface area contributed by atoms with Gasteiger partial charge in [-0.3, -0.25) is 4.79 Å². The van der Waals surface area contributed by atoms with E-state index in [1.165, 1.54) is 30.3 Å². The number of H-pyrrole nitrogens is 1. The lowest BCUT2D eigenvalue weighted by atomic mass is 9.96. The number of aromatic nitrogens is 12. The molecule has 13 heteroatoms. The minimum atomic E-state index is -0.190. The van der Waals surface area contributed by atoms with Gasteiger partial charge in [-0.25, -0.2) is 39.9 Å². The zero-order chi connectivity index (χ0) is 33.9. The zero-order valence-electron chi connectivity index (χ0n) is 28.5. The Bertz CT molecular complexity index is 2220. The molecule has 7 aromatic rings. The summed E-state index contributed by atoms with van der Waals surface area (Å²) < 4.78 is 6.03. The number of nitrogens with zero attached hydrogens (tertiary/aromatic N) is 11. The van der Waals surface area contributed by atoms with E-state index in [0.717, 1.165) is 40.1 Å². The Morgan fingerprint density at radius 3 is 1.94 bits per heavy atom. The lowest BCUT2D eigenvalue weighted by Gasteiger charge is -2.12. The van der Waals surface area contributed by atoms with Crippen molar-refractivity contribution in [2.24, 2.45) is 0 Å². The maximum atomic E-state index is 11.2. The van der Waals surface area contributed by atoms with E-state index in [1.54, 1.807) is 19.0 Å². The van der Waals surface area contributed by atoms with Gasteiger partial charge in [-0.15, -0.1) is 0 Å². The van der Waals surface area contributed by atoms with Gasteiger partial charge in [-0.2, -0.15) is 0 Å². The normalized spacial score (nSPS) is 14.1. The van der Waals surface area contributed by atoms with Gasteiger partial charge in [-0.1, -0.05) is 24.3 Å². The molecule has 13 nitrogen and oxygen atoms in total. The SMILES string of the molecule is CC(C)n1cnc2c(=O)[nH]cnc21.CC(C)n1cnc2c(C[C@H]3CCc4ccccc43)ncnc21.Cc1ncnc2c1ncn2C(C)C. The van der Waals surface area contributed by atoms with Gasteiger partial charge in [-0.05, 0) is 84.8 Å². The molecule has 1 aromatic carbocycles. The molecular formula is C35H42N12O. The molecule has 1 atom stereocenters. The average Bonchev–Trinajstić information content (AvgIpc) is 3.87. The molecule has 6 aromatic heterocycles. The Hall–Kier alpha value is -5.33. The largest absolute Gasteiger partial charge is 0.313 e. The molecule has 0 amide bonds. The standard InChI is InChI=1S/C18H20N4.C9H12N4.C8H10N4O/c1-12(2)22-11-21-17-16(19-10-20-18(17)22)9-14-8-7-13-5-3-4-6-15(13)14;1-6(2)13-5-12-8-7(3)10-4-11-9(8)13;1-5(2)12-4-11-6-7(12)9-3-10-8(6)13/h3-6,10-12,14H,7-9H2,1-2H3;4-6H,1-3H3;3-5H,1-2H3,(H,9,10,13)/t14-;;/m1../s1. The maximum Gasteiger partial charge on any atom is 0.278 e. The number of hydrogen-bond acceptors (Lipinski definition) is 9. The summed E-state index contributed by atoms with van der Waals surface area (Å²) in [4.78, 5) is 47.9. The first-order valence-corrected chi connectivity index (χ1v) is 16.4. The van der Waals surface area contributed by atoms with Crippen molar-refractivity contribution in [2.45, 2.75) is 91.8 Å².